The number of hydrogen-bond acceptors (Lipinski definition) is 1. The van der Waals surface area contributed by atoms with Gasteiger partial charge in [-0.1, -0.05) is 17.7 Å². The molecule has 0 saturated heterocycles. The fraction of sp³-hybridized carbons (Fsp3) is 0.133. The standard InChI is InChI=1S/C15H8F7NO/c1-6-3-2-4-7(5-6)14(24)23-13-11(18)9(16)8(15(20,21)22)10(17)12(13)19/h2-5H,1H3,(H,23,24). The van der Waals surface area contributed by atoms with E-state index in [-0.39, 0.29) is 5.56 Å². The molecule has 0 bridgehead atoms. The number of alkyl halides is 3. The molecule has 2 aromatic carbocycles. The molecule has 0 spiro atoms. The average Bonchev–Trinajstić information content (AvgIpc) is 2.48. The maximum Gasteiger partial charge on any atom is 0.422 e. The Labute approximate surface area is 130 Å². The molecule has 1 N–H and O–H groups in total. The van der Waals surface area contributed by atoms with Crippen molar-refractivity contribution in [3.63, 3.8) is 0 Å². The van der Waals surface area contributed by atoms with E-state index in [9.17, 15) is 35.5 Å². The summed E-state index contributed by atoms with van der Waals surface area (Å²) in [6.45, 7) is 1.61. The van der Waals surface area contributed by atoms with E-state index in [1.54, 1.807) is 18.3 Å². The molecule has 0 fully saturated rings. The molecule has 0 heterocycles. The first-order chi connectivity index (χ1) is 11.0. The van der Waals surface area contributed by atoms with E-state index in [4.69, 9.17) is 0 Å². The lowest BCUT2D eigenvalue weighted by Crippen LogP contribution is -2.20. The topological polar surface area (TPSA) is 29.1 Å². The molecule has 9 heteroatoms. The van der Waals surface area contributed by atoms with Crippen molar-refractivity contribution in [3.05, 3.63) is 64.2 Å². The van der Waals surface area contributed by atoms with Gasteiger partial charge in [-0.3, -0.25) is 4.79 Å². The Bertz CT molecular complexity index is 785. The number of amides is 1. The summed E-state index contributed by atoms with van der Waals surface area (Å²) < 4.78 is 91.7. The lowest BCUT2D eigenvalue weighted by Gasteiger charge is -2.14. The van der Waals surface area contributed by atoms with E-state index in [0.29, 0.717) is 5.56 Å². The maximum absolute atomic E-state index is 13.7. The van der Waals surface area contributed by atoms with Crippen LogP contribution in [0.4, 0.5) is 36.4 Å². The summed E-state index contributed by atoms with van der Waals surface area (Å²) >= 11 is 0. The monoisotopic (exact) mass is 351 g/mol. The smallest absolute Gasteiger partial charge is 0.317 e. The summed E-state index contributed by atoms with van der Waals surface area (Å²) in [7, 11) is 0. The SMILES string of the molecule is Cc1cccc(C(=O)Nc2c(F)c(F)c(C(F)(F)F)c(F)c2F)c1. The number of nitrogens with one attached hydrogen (secondary N) is 1. The fourth-order valence-corrected chi connectivity index (χ4v) is 1.96. The Kier molecular flexibility index (Phi) is 4.54. The molecule has 2 rings (SSSR count). The van der Waals surface area contributed by atoms with Crippen LogP contribution in [-0.4, -0.2) is 5.91 Å². The van der Waals surface area contributed by atoms with Crippen molar-refractivity contribution in [1.82, 2.24) is 0 Å². The number of halogens is 7. The number of carbonyl (C=O) groups excluding carboxylic acids is 1. The van der Waals surface area contributed by atoms with Crippen LogP contribution in [0.1, 0.15) is 21.5 Å². The van der Waals surface area contributed by atoms with Crippen LogP contribution in [0.2, 0.25) is 0 Å². The number of rotatable bonds is 2. The van der Waals surface area contributed by atoms with Gasteiger partial charge in [0.05, 0.1) is 0 Å². The minimum atomic E-state index is -5.64. The van der Waals surface area contributed by atoms with Crippen molar-refractivity contribution in [2.24, 2.45) is 0 Å². The van der Waals surface area contributed by atoms with Crippen molar-refractivity contribution in [2.75, 3.05) is 5.32 Å². The molecular weight excluding hydrogens is 343 g/mol. The highest BCUT2D eigenvalue weighted by Crippen LogP contribution is 2.38. The van der Waals surface area contributed by atoms with Gasteiger partial charge in [-0.25, -0.2) is 17.6 Å². The summed E-state index contributed by atoms with van der Waals surface area (Å²) in [4.78, 5) is 11.9. The van der Waals surface area contributed by atoms with E-state index >= 15 is 0 Å². The first-order valence-electron chi connectivity index (χ1n) is 6.35. The second kappa shape index (κ2) is 6.14. The van der Waals surface area contributed by atoms with E-state index in [1.165, 1.54) is 18.2 Å². The van der Waals surface area contributed by atoms with Gasteiger partial charge < -0.3 is 5.32 Å². The van der Waals surface area contributed by atoms with Crippen LogP contribution < -0.4 is 5.32 Å². The molecule has 0 atom stereocenters. The van der Waals surface area contributed by atoms with E-state index in [0.717, 1.165) is 0 Å². The van der Waals surface area contributed by atoms with Crippen LogP contribution in [0.15, 0.2) is 24.3 Å². The molecule has 2 nitrogen and oxygen atoms in total. The molecule has 0 aliphatic rings. The Hall–Kier alpha value is -2.58. The zero-order chi connectivity index (χ0) is 18.2. The van der Waals surface area contributed by atoms with Crippen molar-refractivity contribution in [1.29, 1.82) is 0 Å². The molecular formula is C15H8F7NO. The van der Waals surface area contributed by atoms with Crippen LogP contribution in [0.3, 0.4) is 0 Å². The van der Waals surface area contributed by atoms with Gasteiger partial charge in [0.1, 0.15) is 11.3 Å². The molecule has 0 saturated carbocycles. The minimum Gasteiger partial charge on any atom is -0.317 e. The van der Waals surface area contributed by atoms with Crippen LogP contribution in [-0.2, 0) is 6.18 Å². The van der Waals surface area contributed by atoms with Gasteiger partial charge in [-0.2, -0.15) is 13.2 Å². The largest absolute Gasteiger partial charge is 0.422 e. The van der Waals surface area contributed by atoms with Gasteiger partial charge in [-0.05, 0) is 19.1 Å². The molecule has 0 unspecified atom stereocenters. The normalized spacial score (nSPS) is 11.5. The first kappa shape index (κ1) is 17.8. The molecule has 0 aliphatic carbocycles. The summed E-state index contributed by atoms with van der Waals surface area (Å²) in [5.74, 6) is -11.1. The molecule has 24 heavy (non-hydrogen) atoms. The maximum atomic E-state index is 13.7. The highest BCUT2D eigenvalue weighted by Gasteiger charge is 2.42. The third-order valence-electron chi connectivity index (χ3n) is 3.07. The Morgan fingerprint density at radius 2 is 1.50 bits per heavy atom. The van der Waals surface area contributed by atoms with Crippen molar-refractivity contribution < 1.29 is 35.5 Å². The zero-order valence-corrected chi connectivity index (χ0v) is 11.9. The number of hydrogen-bond donors (Lipinski definition) is 1. The van der Waals surface area contributed by atoms with Crippen molar-refractivity contribution in [3.8, 4) is 0 Å². The average molecular weight is 351 g/mol. The van der Waals surface area contributed by atoms with Crippen molar-refractivity contribution >= 4 is 11.6 Å². The zero-order valence-electron chi connectivity index (χ0n) is 11.9. The Morgan fingerprint density at radius 1 is 0.958 bits per heavy atom. The summed E-state index contributed by atoms with van der Waals surface area (Å²) in [6.07, 6.45) is -5.64. The van der Waals surface area contributed by atoms with Gasteiger partial charge >= 0.3 is 6.18 Å². The van der Waals surface area contributed by atoms with Gasteiger partial charge in [0, 0.05) is 5.56 Å². The van der Waals surface area contributed by atoms with E-state index in [2.05, 4.69) is 0 Å². The lowest BCUT2D eigenvalue weighted by molar-refractivity contribution is -0.143. The highest BCUT2D eigenvalue weighted by atomic mass is 19.4. The summed E-state index contributed by atoms with van der Waals surface area (Å²) in [5.41, 5.74) is -3.83. The number of benzene rings is 2. The lowest BCUT2D eigenvalue weighted by atomic mass is 10.1. The molecule has 1 amide bonds. The third-order valence-corrected chi connectivity index (χ3v) is 3.07. The molecule has 128 valence electrons. The number of anilines is 1. The fourth-order valence-electron chi connectivity index (χ4n) is 1.96. The van der Waals surface area contributed by atoms with Gasteiger partial charge in [0.15, 0.2) is 23.3 Å². The molecule has 0 radical (unpaired) electrons. The Balaban J connectivity index is 2.51. The summed E-state index contributed by atoms with van der Waals surface area (Å²) in [6, 6.07) is 5.59. The summed E-state index contributed by atoms with van der Waals surface area (Å²) in [5, 5.41) is 1.55. The van der Waals surface area contributed by atoms with Gasteiger partial charge in [0.2, 0.25) is 0 Å². The highest BCUT2D eigenvalue weighted by molar-refractivity contribution is 6.04. The van der Waals surface area contributed by atoms with E-state index in [1.807, 2.05) is 0 Å². The first-order valence-corrected chi connectivity index (χ1v) is 6.35. The second-order valence-corrected chi connectivity index (χ2v) is 4.83. The quantitative estimate of drug-likeness (QED) is 0.610. The molecule has 0 aliphatic heterocycles. The van der Waals surface area contributed by atoms with Gasteiger partial charge in [-0.15, -0.1) is 0 Å². The predicted molar refractivity (Wildman–Crippen MR) is 70.4 cm³/mol. The van der Waals surface area contributed by atoms with Gasteiger partial charge in [0.25, 0.3) is 5.91 Å². The van der Waals surface area contributed by atoms with Crippen molar-refractivity contribution in [2.45, 2.75) is 13.1 Å². The van der Waals surface area contributed by atoms with Crippen LogP contribution in [0.5, 0.6) is 0 Å². The number of carbonyl (C=O) groups is 1. The Morgan fingerprint density at radius 3 is 1.96 bits per heavy atom. The molecule has 2 aromatic rings. The van der Waals surface area contributed by atoms with Crippen LogP contribution in [0.25, 0.3) is 0 Å². The van der Waals surface area contributed by atoms with E-state index < -0.39 is 46.6 Å². The second-order valence-electron chi connectivity index (χ2n) is 4.83. The van der Waals surface area contributed by atoms with Crippen LogP contribution >= 0.6 is 0 Å². The van der Waals surface area contributed by atoms with Crippen LogP contribution in [0, 0.1) is 30.2 Å². The third kappa shape index (κ3) is 3.19. The number of aryl methyl sites for hydroxylation is 1. The predicted octanol–water partition coefficient (Wildman–Crippen LogP) is 4.82. The minimum absolute atomic E-state index is 0.102. The molecule has 0 aromatic heterocycles.